The van der Waals surface area contributed by atoms with Gasteiger partial charge in [0.05, 0.1) is 12.9 Å². The summed E-state index contributed by atoms with van der Waals surface area (Å²) in [4.78, 5) is 12.0. The summed E-state index contributed by atoms with van der Waals surface area (Å²) in [6, 6.07) is 5.23. The summed E-state index contributed by atoms with van der Waals surface area (Å²) in [6.45, 7) is 2.21. The Labute approximate surface area is 136 Å². The number of benzene rings is 1. The van der Waals surface area contributed by atoms with Crippen molar-refractivity contribution < 1.29 is 13.9 Å². The van der Waals surface area contributed by atoms with Crippen molar-refractivity contribution in [3.8, 4) is 5.75 Å². The Kier molecular flexibility index (Phi) is 6.55. The van der Waals surface area contributed by atoms with Gasteiger partial charge in [0.25, 0.3) is 0 Å². The van der Waals surface area contributed by atoms with E-state index in [1.54, 1.807) is 6.07 Å². The number of halogens is 1. The minimum Gasteiger partial charge on any atom is -0.494 e. The van der Waals surface area contributed by atoms with E-state index >= 15 is 0 Å². The molecule has 0 aromatic heterocycles. The maximum atomic E-state index is 13.6. The fourth-order valence-electron chi connectivity index (χ4n) is 2.84. The number of hydrogen-bond donors (Lipinski definition) is 1. The van der Waals surface area contributed by atoms with E-state index in [0.717, 1.165) is 12.0 Å². The summed E-state index contributed by atoms with van der Waals surface area (Å²) in [6.07, 6.45) is 4.75. The molecule has 0 radical (unpaired) electrons. The quantitative estimate of drug-likeness (QED) is 0.865. The average molecular weight is 325 g/mol. The lowest BCUT2D eigenvalue weighted by Gasteiger charge is -2.29. The van der Waals surface area contributed by atoms with Gasteiger partial charge in [-0.3, -0.25) is 4.79 Å². The predicted octanol–water partition coefficient (Wildman–Crippen LogP) is 3.76. The molecule has 1 N–H and O–H groups in total. The molecule has 1 fully saturated rings. The third-order valence-corrected chi connectivity index (χ3v) is 5.18. The molecule has 0 saturated heterocycles. The van der Waals surface area contributed by atoms with E-state index in [2.05, 4.69) is 12.2 Å². The van der Waals surface area contributed by atoms with Crippen LogP contribution in [0.4, 0.5) is 4.39 Å². The van der Waals surface area contributed by atoms with Crippen LogP contribution in [0.5, 0.6) is 5.75 Å². The summed E-state index contributed by atoms with van der Waals surface area (Å²) >= 11 is 1.51. The van der Waals surface area contributed by atoms with Crippen molar-refractivity contribution in [1.29, 1.82) is 0 Å². The zero-order chi connectivity index (χ0) is 15.9. The summed E-state index contributed by atoms with van der Waals surface area (Å²) < 4.78 is 18.5. The van der Waals surface area contributed by atoms with E-state index in [0.29, 0.717) is 23.5 Å². The summed E-state index contributed by atoms with van der Waals surface area (Å²) in [5.74, 6) is 1.57. The topological polar surface area (TPSA) is 38.3 Å². The fourth-order valence-corrected chi connectivity index (χ4v) is 3.63. The molecule has 0 aliphatic heterocycles. The van der Waals surface area contributed by atoms with Crippen LogP contribution in [0.3, 0.4) is 0 Å². The van der Waals surface area contributed by atoms with E-state index in [1.807, 2.05) is 6.07 Å². The van der Waals surface area contributed by atoms with E-state index in [9.17, 15) is 9.18 Å². The molecule has 0 spiro atoms. The Morgan fingerprint density at radius 2 is 2.18 bits per heavy atom. The second kappa shape index (κ2) is 8.42. The zero-order valence-corrected chi connectivity index (χ0v) is 14.0. The van der Waals surface area contributed by atoms with Crippen molar-refractivity contribution in [3.63, 3.8) is 0 Å². The number of amides is 1. The van der Waals surface area contributed by atoms with Gasteiger partial charge in [-0.25, -0.2) is 4.39 Å². The third-order valence-electron chi connectivity index (χ3n) is 4.18. The van der Waals surface area contributed by atoms with Crippen molar-refractivity contribution in [3.05, 3.63) is 29.6 Å². The first-order valence-corrected chi connectivity index (χ1v) is 8.95. The van der Waals surface area contributed by atoms with Gasteiger partial charge in [-0.2, -0.15) is 0 Å². The minimum absolute atomic E-state index is 0.0812. The fraction of sp³-hybridized carbons (Fsp3) is 0.588. The number of methoxy groups -OCH3 is 1. The number of carbonyl (C=O) groups excluding carboxylic acids is 1. The molecule has 1 aliphatic carbocycles. The van der Waals surface area contributed by atoms with Crippen molar-refractivity contribution in [2.45, 2.75) is 44.4 Å². The summed E-state index contributed by atoms with van der Waals surface area (Å²) in [5.41, 5.74) is 0.863. The van der Waals surface area contributed by atoms with Crippen LogP contribution >= 0.6 is 11.8 Å². The highest BCUT2D eigenvalue weighted by atomic mass is 32.2. The molecule has 0 bridgehead atoms. The van der Waals surface area contributed by atoms with Crippen molar-refractivity contribution in [2.24, 2.45) is 5.92 Å². The summed E-state index contributed by atoms with van der Waals surface area (Å²) in [5, 5.41) is 3.13. The van der Waals surface area contributed by atoms with Gasteiger partial charge in [0, 0.05) is 11.8 Å². The normalized spacial score (nSPS) is 21.4. The average Bonchev–Trinajstić information content (AvgIpc) is 2.50. The van der Waals surface area contributed by atoms with Gasteiger partial charge in [-0.15, -0.1) is 11.8 Å². The first-order chi connectivity index (χ1) is 10.6. The van der Waals surface area contributed by atoms with Crippen LogP contribution in [0.2, 0.25) is 0 Å². The Morgan fingerprint density at radius 3 is 2.86 bits per heavy atom. The van der Waals surface area contributed by atoms with E-state index < -0.39 is 0 Å². The molecule has 3 nitrogen and oxygen atoms in total. The van der Waals surface area contributed by atoms with Gasteiger partial charge in [0.2, 0.25) is 5.91 Å². The standard InChI is InChI=1S/C17H24FNO2S/c1-12-5-3-4-6-15(12)19-17(20)11-22-10-13-7-8-16(21-2)14(18)9-13/h7-9,12,15H,3-6,10-11H2,1-2H3,(H,19,20)/t12-,15-/m0/s1. The minimum atomic E-state index is -0.360. The molecule has 1 aliphatic rings. The highest BCUT2D eigenvalue weighted by Crippen LogP contribution is 2.24. The lowest BCUT2D eigenvalue weighted by atomic mass is 9.86. The van der Waals surface area contributed by atoms with E-state index in [-0.39, 0.29) is 17.5 Å². The number of thioether (sulfide) groups is 1. The van der Waals surface area contributed by atoms with E-state index in [4.69, 9.17) is 4.74 Å². The number of hydrogen-bond acceptors (Lipinski definition) is 3. The monoisotopic (exact) mass is 325 g/mol. The van der Waals surface area contributed by atoms with Crippen molar-refractivity contribution >= 4 is 17.7 Å². The predicted molar refractivity (Wildman–Crippen MR) is 88.7 cm³/mol. The number of rotatable bonds is 6. The van der Waals surface area contributed by atoms with Crippen LogP contribution in [0.15, 0.2) is 18.2 Å². The van der Waals surface area contributed by atoms with Gasteiger partial charge in [0.15, 0.2) is 11.6 Å². The van der Waals surface area contributed by atoms with Crippen molar-refractivity contribution in [2.75, 3.05) is 12.9 Å². The molecule has 1 aromatic carbocycles. The van der Waals surface area contributed by atoms with Gasteiger partial charge in [-0.1, -0.05) is 25.8 Å². The maximum Gasteiger partial charge on any atom is 0.230 e. The molecular weight excluding hydrogens is 301 g/mol. The Hall–Kier alpha value is -1.23. The van der Waals surface area contributed by atoms with Crippen LogP contribution in [0, 0.1) is 11.7 Å². The van der Waals surface area contributed by atoms with Crippen molar-refractivity contribution in [1.82, 2.24) is 5.32 Å². The molecule has 1 amide bonds. The lowest BCUT2D eigenvalue weighted by Crippen LogP contribution is -2.41. The number of nitrogens with one attached hydrogen (secondary N) is 1. The van der Waals surface area contributed by atoms with Crippen LogP contribution in [-0.4, -0.2) is 24.8 Å². The lowest BCUT2D eigenvalue weighted by molar-refractivity contribution is -0.119. The molecule has 0 unspecified atom stereocenters. The Morgan fingerprint density at radius 1 is 1.41 bits per heavy atom. The molecule has 2 rings (SSSR count). The van der Waals surface area contributed by atoms with Gasteiger partial charge >= 0.3 is 0 Å². The van der Waals surface area contributed by atoms with Crippen LogP contribution in [0.1, 0.15) is 38.2 Å². The van der Waals surface area contributed by atoms with Crippen LogP contribution in [0.25, 0.3) is 0 Å². The molecule has 1 aromatic rings. The number of ether oxygens (including phenoxy) is 1. The summed E-state index contributed by atoms with van der Waals surface area (Å²) in [7, 11) is 1.45. The molecule has 122 valence electrons. The SMILES string of the molecule is COc1ccc(CSCC(=O)N[C@H]2CCCC[C@@H]2C)cc1F. The maximum absolute atomic E-state index is 13.6. The second-order valence-corrected chi connectivity index (χ2v) is 6.88. The Bertz CT molecular complexity index is 509. The first kappa shape index (κ1) is 17.1. The highest BCUT2D eigenvalue weighted by Gasteiger charge is 2.22. The molecule has 2 atom stereocenters. The smallest absolute Gasteiger partial charge is 0.230 e. The molecule has 0 heterocycles. The first-order valence-electron chi connectivity index (χ1n) is 7.79. The van der Waals surface area contributed by atoms with E-state index in [1.165, 1.54) is 44.2 Å². The molecule has 5 heteroatoms. The second-order valence-electron chi connectivity index (χ2n) is 5.90. The molecular formula is C17H24FNO2S. The Balaban J connectivity index is 1.73. The number of carbonyl (C=O) groups is 1. The molecule has 22 heavy (non-hydrogen) atoms. The third kappa shape index (κ3) is 4.90. The van der Waals surface area contributed by atoms with Gasteiger partial charge in [0.1, 0.15) is 0 Å². The molecule has 1 saturated carbocycles. The van der Waals surface area contributed by atoms with Gasteiger partial charge < -0.3 is 10.1 Å². The van der Waals surface area contributed by atoms with Gasteiger partial charge in [-0.05, 0) is 36.5 Å². The largest absolute Gasteiger partial charge is 0.494 e. The highest BCUT2D eigenvalue weighted by molar-refractivity contribution is 7.99. The van der Waals surface area contributed by atoms with Crippen LogP contribution < -0.4 is 10.1 Å². The zero-order valence-electron chi connectivity index (χ0n) is 13.2. The van der Waals surface area contributed by atoms with Crippen LogP contribution in [-0.2, 0) is 10.5 Å².